The third kappa shape index (κ3) is 3.24. The molecule has 0 saturated heterocycles. The number of rotatable bonds is 3. The average molecular weight is 298 g/mol. The van der Waals surface area contributed by atoms with E-state index < -0.39 is 0 Å². The Morgan fingerprint density at radius 1 is 1.11 bits per heavy atom. The summed E-state index contributed by atoms with van der Waals surface area (Å²) in [6.07, 6.45) is 0. The molecule has 1 heterocycles. The monoisotopic (exact) mass is 297 g/mol. The highest BCUT2D eigenvalue weighted by Crippen LogP contribution is 2.24. The lowest BCUT2D eigenvalue weighted by Crippen LogP contribution is -2.24. The fourth-order valence-electron chi connectivity index (χ4n) is 1.65. The van der Waals surface area contributed by atoms with Crippen molar-refractivity contribution in [3.05, 3.63) is 40.1 Å². The van der Waals surface area contributed by atoms with E-state index in [1.165, 1.54) is 0 Å². The molecule has 0 saturated carbocycles. The summed E-state index contributed by atoms with van der Waals surface area (Å²) in [6, 6.07) is 7.65. The summed E-state index contributed by atoms with van der Waals surface area (Å²) in [7, 11) is 1.87. The predicted molar refractivity (Wildman–Crippen MR) is 77.5 cm³/mol. The first kappa shape index (κ1) is 13.8. The van der Waals surface area contributed by atoms with Crippen LogP contribution in [0.15, 0.2) is 24.3 Å². The van der Waals surface area contributed by atoms with Gasteiger partial charge in [-0.25, -0.2) is 0 Å². The van der Waals surface area contributed by atoms with Crippen LogP contribution in [0.5, 0.6) is 0 Å². The van der Waals surface area contributed by atoms with Gasteiger partial charge in [0.25, 0.3) is 0 Å². The van der Waals surface area contributed by atoms with Crippen LogP contribution in [0.1, 0.15) is 18.5 Å². The molecule has 1 aromatic carbocycles. The van der Waals surface area contributed by atoms with Gasteiger partial charge in [0.1, 0.15) is 0 Å². The lowest BCUT2D eigenvalue weighted by molar-refractivity contribution is 0.713. The zero-order valence-corrected chi connectivity index (χ0v) is 12.0. The smallest absolute Gasteiger partial charge is 0.231 e. The van der Waals surface area contributed by atoms with Gasteiger partial charge in [0.2, 0.25) is 17.2 Å². The highest BCUT2D eigenvalue weighted by Gasteiger charge is 2.16. The molecule has 100 valence electrons. The first-order valence-electron chi connectivity index (χ1n) is 5.62. The van der Waals surface area contributed by atoms with Crippen molar-refractivity contribution in [2.45, 2.75) is 13.0 Å². The van der Waals surface area contributed by atoms with E-state index in [9.17, 15) is 0 Å². The lowest BCUT2D eigenvalue weighted by Gasteiger charge is -2.25. The molecule has 0 radical (unpaired) electrons. The summed E-state index contributed by atoms with van der Waals surface area (Å²) in [5.41, 5.74) is 6.65. The van der Waals surface area contributed by atoms with Crippen molar-refractivity contribution < 1.29 is 0 Å². The molecule has 19 heavy (non-hydrogen) atoms. The van der Waals surface area contributed by atoms with Gasteiger partial charge in [-0.15, -0.1) is 0 Å². The standard InChI is InChI=1S/C12H13Cl2N5/c1-7(8-3-5-9(13)6-4-8)19(2)12-17-10(14)16-11(15)18-12/h3-7H,1-2H3,(H2,15,16,17,18). The Labute approximate surface area is 121 Å². The maximum Gasteiger partial charge on any atom is 0.231 e. The van der Waals surface area contributed by atoms with Crippen molar-refractivity contribution in [2.24, 2.45) is 0 Å². The summed E-state index contributed by atoms with van der Waals surface area (Å²) in [5, 5.41) is 0.781. The number of aromatic nitrogens is 3. The summed E-state index contributed by atoms with van der Waals surface area (Å²) < 4.78 is 0. The molecule has 0 aliphatic carbocycles. The molecular formula is C12H13Cl2N5. The average Bonchev–Trinajstić information content (AvgIpc) is 2.37. The number of hydrogen-bond acceptors (Lipinski definition) is 5. The van der Waals surface area contributed by atoms with Crippen molar-refractivity contribution in [1.29, 1.82) is 0 Å². The minimum atomic E-state index is 0.0510. The lowest BCUT2D eigenvalue weighted by atomic mass is 10.1. The Morgan fingerprint density at radius 2 is 1.74 bits per heavy atom. The molecule has 0 amide bonds. The minimum absolute atomic E-state index is 0.0510. The van der Waals surface area contributed by atoms with Crippen LogP contribution in [-0.2, 0) is 0 Å². The van der Waals surface area contributed by atoms with E-state index in [4.69, 9.17) is 28.9 Å². The highest BCUT2D eigenvalue weighted by atomic mass is 35.5. The molecule has 0 bridgehead atoms. The summed E-state index contributed by atoms with van der Waals surface area (Å²) in [4.78, 5) is 13.7. The van der Waals surface area contributed by atoms with Gasteiger partial charge in [-0.1, -0.05) is 23.7 Å². The number of nitrogens with zero attached hydrogens (tertiary/aromatic N) is 4. The zero-order chi connectivity index (χ0) is 14.0. The van der Waals surface area contributed by atoms with Crippen LogP contribution >= 0.6 is 23.2 Å². The predicted octanol–water partition coefficient (Wildman–Crippen LogP) is 2.96. The molecule has 7 heteroatoms. The normalized spacial score (nSPS) is 12.2. The molecule has 1 aromatic heterocycles. The second kappa shape index (κ2) is 5.59. The first-order valence-corrected chi connectivity index (χ1v) is 6.38. The topological polar surface area (TPSA) is 67.9 Å². The summed E-state index contributed by atoms with van der Waals surface area (Å²) in [6.45, 7) is 2.02. The zero-order valence-electron chi connectivity index (χ0n) is 10.5. The molecule has 2 N–H and O–H groups in total. The van der Waals surface area contributed by atoms with E-state index in [0.29, 0.717) is 11.0 Å². The van der Waals surface area contributed by atoms with E-state index >= 15 is 0 Å². The molecule has 0 spiro atoms. The SMILES string of the molecule is CC(c1ccc(Cl)cc1)N(C)c1nc(N)nc(Cl)n1. The van der Waals surface area contributed by atoms with Crippen molar-refractivity contribution in [2.75, 3.05) is 17.7 Å². The van der Waals surface area contributed by atoms with Crippen LogP contribution in [0.4, 0.5) is 11.9 Å². The second-order valence-corrected chi connectivity index (χ2v) is 4.88. The Hall–Kier alpha value is -1.59. The van der Waals surface area contributed by atoms with Gasteiger partial charge in [0.15, 0.2) is 0 Å². The number of halogens is 2. The van der Waals surface area contributed by atoms with E-state index in [0.717, 1.165) is 5.56 Å². The van der Waals surface area contributed by atoms with E-state index in [1.54, 1.807) is 0 Å². The third-order valence-corrected chi connectivity index (χ3v) is 3.28. The number of nitrogens with two attached hydrogens (primary N) is 1. The molecule has 0 aliphatic heterocycles. The van der Waals surface area contributed by atoms with Gasteiger partial charge in [-0.2, -0.15) is 15.0 Å². The quantitative estimate of drug-likeness (QED) is 0.943. The number of benzene rings is 1. The minimum Gasteiger partial charge on any atom is -0.368 e. The summed E-state index contributed by atoms with van der Waals surface area (Å²) in [5.74, 6) is 0.533. The van der Waals surface area contributed by atoms with Crippen LogP contribution in [0, 0.1) is 0 Å². The van der Waals surface area contributed by atoms with Gasteiger partial charge in [0.05, 0.1) is 6.04 Å². The van der Waals surface area contributed by atoms with Gasteiger partial charge in [-0.3, -0.25) is 0 Å². The Morgan fingerprint density at radius 3 is 2.32 bits per heavy atom. The molecule has 0 aliphatic rings. The number of hydrogen-bond donors (Lipinski definition) is 1. The molecule has 2 rings (SSSR count). The molecule has 1 atom stereocenters. The van der Waals surface area contributed by atoms with Crippen LogP contribution < -0.4 is 10.6 Å². The van der Waals surface area contributed by atoms with Gasteiger partial charge in [0, 0.05) is 12.1 Å². The fraction of sp³-hybridized carbons (Fsp3) is 0.250. The Bertz CT molecular complexity index is 553. The molecule has 0 fully saturated rings. The molecule has 2 aromatic rings. The Balaban J connectivity index is 2.27. The first-order chi connectivity index (χ1) is 8.97. The van der Waals surface area contributed by atoms with Crippen molar-refractivity contribution in [3.63, 3.8) is 0 Å². The molecule has 1 unspecified atom stereocenters. The summed E-state index contributed by atoms with van der Waals surface area (Å²) >= 11 is 11.7. The van der Waals surface area contributed by atoms with Gasteiger partial charge >= 0.3 is 0 Å². The van der Waals surface area contributed by atoms with Crippen LogP contribution in [-0.4, -0.2) is 22.0 Å². The van der Waals surface area contributed by atoms with Crippen LogP contribution in [0.25, 0.3) is 0 Å². The fourth-order valence-corrected chi connectivity index (χ4v) is 1.94. The maximum absolute atomic E-state index is 5.87. The highest BCUT2D eigenvalue weighted by molar-refractivity contribution is 6.30. The second-order valence-electron chi connectivity index (χ2n) is 4.10. The van der Waals surface area contributed by atoms with Crippen molar-refractivity contribution >= 4 is 35.1 Å². The molecular weight excluding hydrogens is 285 g/mol. The largest absolute Gasteiger partial charge is 0.368 e. The van der Waals surface area contributed by atoms with Crippen molar-refractivity contribution in [1.82, 2.24) is 15.0 Å². The van der Waals surface area contributed by atoms with Gasteiger partial charge in [-0.05, 0) is 36.2 Å². The Kier molecular flexibility index (Phi) is 4.07. The number of nitrogen functional groups attached to an aromatic ring is 1. The van der Waals surface area contributed by atoms with Crippen LogP contribution in [0.3, 0.4) is 0 Å². The third-order valence-electron chi connectivity index (χ3n) is 2.86. The van der Waals surface area contributed by atoms with Gasteiger partial charge < -0.3 is 10.6 Å². The van der Waals surface area contributed by atoms with E-state index in [2.05, 4.69) is 15.0 Å². The van der Waals surface area contributed by atoms with Crippen LogP contribution in [0.2, 0.25) is 10.3 Å². The van der Waals surface area contributed by atoms with E-state index in [1.807, 2.05) is 43.1 Å². The maximum atomic E-state index is 5.87. The van der Waals surface area contributed by atoms with E-state index in [-0.39, 0.29) is 17.3 Å². The molecule has 5 nitrogen and oxygen atoms in total. The number of anilines is 2. The van der Waals surface area contributed by atoms with Crippen molar-refractivity contribution in [3.8, 4) is 0 Å².